The summed E-state index contributed by atoms with van der Waals surface area (Å²) >= 11 is 1.18. The van der Waals surface area contributed by atoms with Crippen LogP contribution in [0.3, 0.4) is 0 Å². The Morgan fingerprint density at radius 3 is 2.79 bits per heavy atom. The quantitative estimate of drug-likeness (QED) is 0.501. The molecule has 0 atom stereocenters. The number of nitrogens with zero attached hydrogens (tertiary/aromatic N) is 3. The topological polar surface area (TPSA) is 99.0 Å². The normalized spacial score (nSPS) is 10.6. The average Bonchev–Trinajstić information content (AvgIpc) is 2.67. The minimum Gasteiger partial charge on any atom is -0.543 e. The van der Waals surface area contributed by atoms with E-state index in [9.17, 15) is 15.0 Å². The van der Waals surface area contributed by atoms with Crippen molar-refractivity contribution in [2.75, 3.05) is 0 Å². The van der Waals surface area contributed by atoms with Gasteiger partial charge in [0.15, 0.2) is 11.4 Å². The van der Waals surface area contributed by atoms with Gasteiger partial charge in [0.25, 0.3) is 0 Å². The van der Waals surface area contributed by atoms with Gasteiger partial charge >= 0.3 is 29.6 Å². The smallest absolute Gasteiger partial charge is 0.543 e. The van der Waals surface area contributed by atoms with E-state index in [4.69, 9.17) is 0 Å². The molecule has 0 aliphatic rings. The first-order valence-electron chi connectivity index (χ1n) is 5.05. The van der Waals surface area contributed by atoms with Crippen LogP contribution in [0.5, 0.6) is 5.75 Å². The Kier molecular flexibility index (Phi) is 3.73. The number of aryl methyl sites for hydroxylation is 1. The number of hydrogen-bond acceptors (Lipinski definition) is 7. The Balaban J connectivity index is 0.00000133. The second kappa shape index (κ2) is 5.01. The number of aromatic nitrogens is 3. The first-order valence-corrected chi connectivity index (χ1v) is 5.86. The van der Waals surface area contributed by atoms with Gasteiger partial charge in [-0.15, -0.1) is 21.5 Å². The van der Waals surface area contributed by atoms with E-state index in [1.807, 2.05) is 19.1 Å². The van der Waals surface area contributed by atoms with Gasteiger partial charge < -0.3 is 15.0 Å². The Morgan fingerprint density at radius 2 is 2.11 bits per heavy atom. The third kappa shape index (κ3) is 2.18. The molecule has 19 heavy (non-hydrogen) atoms. The number of carbonyl (C=O) groups excluding carboxylic acids is 1. The fraction of sp³-hybridized carbons (Fsp3) is 0.0909. The van der Waals surface area contributed by atoms with E-state index in [0.29, 0.717) is 15.0 Å². The van der Waals surface area contributed by atoms with Crippen LogP contribution in [-0.2, 0) is 0 Å². The molecule has 0 aromatic carbocycles. The summed E-state index contributed by atoms with van der Waals surface area (Å²) in [7, 11) is 0. The molecule has 90 valence electrons. The minimum absolute atomic E-state index is 0. The number of thiophene rings is 1. The zero-order valence-electron chi connectivity index (χ0n) is 10.2. The zero-order chi connectivity index (χ0) is 12.9. The summed E-state index contributed by atoms with van der Waals surface area (Å²) in [5.74, 6) is -1.97. The van der Waals surface area contributed by atoms with Gasteiger partial charge in [-0.1, -0.05) is 0 Å². The molecule has 8 heteroatoms. The Morgan fingerprint density at radius 1 is 1.37 bits per heavy atom. The maximum Gasteiger partial charge on any atom is 1.00 e. The molecule has 0 saturated carbocycles. The molecule has 0 spiro atoms. The number of carbonyl (C=O) groups is 1. The van der Waals surface area contributed by atoms with Gasteiger partial charge in [0.2, 0.25) is 0 Å². The molecule has 0 aliphatic heterocycles. The van der Waals surface area contributed by atoms with Crippen LogP contribution in [0.4, 0.5) is 0 Å². The van der Waals surface area contributed by atoms with E-state index in [1.54, 1.807) is 0 Å². The molecule has 0 aliphatic carbocycles. The van der Waals surface area contributed by atoms with Crippen LogP contribution < -0.4 is 34.7 Å². The second-order valence-corrected chi connectivity index (χ2v) is 4.77. The third-order valence-corrected chi connectivity index (χ3v) is 3.65. The predicted octanol–water partition coefficient (Wildman–Crippen LogP) is -2.38. The van der Waals surface area contributed by atoms with Crippen LogP contribution in [0.1, 0.15) is 16.2 Å². The number of fused-ring (bicyclic) bond motifs is 3. The molecule has 0 saturated heterocycles. The van der Waals surface area contributed by atoms with Crippen LogP contribution in [0.2, 0.25) is 0 Å². The van der Waals surface area contributed by atoms with E-state index in [2.05, 4.69) is 15.2 Å². The predicted molar refractivity (Wildman–Crippen MR) is 63.4 cm³/mol. The Bertz CT molecular complexity index is 803. The number of pyridine rings is 1. The van der Waals surface area contributed by atoms with Gasteiger partial charge in [-0.25, -0.2) is 4.98 Å². The summed E-state index contributed by atoms with van der Waals surface area (Å²) in [5.41, 5.74) is 0.734. The van der Waals surface area contributed by atoms with E-state index >= 15 is 0 Å². The molecule has 0 bridgehead atoms. The van der Waals surface area contributed by atoms with Crippen molar-refractivity contribution in [3.63, 3.8) is 0 Å². The van der Waals surface area contributed by atoms with E-state index in [0.717, 1.165) is 11.1 Å². The molecular weight excluding hydrogens is 277 g/mol. The molecule has 0 fully saturated rings. The van der Waals surface area contributed by atoms with E-state index in [-0.39, 0.29) is 29.6 Å². The van der Waals surface area contributed by atoms with Crippen LogP contribution >= 0.6 is 11.3 Å². The summed E-state index contributed by atoms with van der Waals surface area (Å²) in [4.78, 5) is 15.7. The van der Waals surface area contributed by atoms with E-state index in [1.165, 1.54) is 11.3 Å². The first kappa shape index (κ1) is 14.1. The van der Waals surface area contributed by atoms with Crippen molar-refractivity contribution in [3.05, 3.63) is 23.5 Å². The maximum atomic E-state index is 10.8. The monoisotopic (exact) mass is 283 g/mol. The van der Waals surface area contributed by atoms with Crippen molar-refractivity contribution >= 4 is 37.7 Å². The van der Waals surface area contributed by atoms with Crippen molar-refractivity contribution in [2.24, 2.45) is 0 Å². The van der Waals surface area contributed by atoms with Gasteiger partial charge in [-0.2, -0.15) is 0 Å². The standard InChI is InChI=1S/C11H7N3O3S.Na/c1-4-2-3-5-6-9(18-10(5)12-4)8(15)7(11(16)17)14-13-6;/h2-3H,1H3,(H,13,15)(H,16,17);/q;+1/p-1. The molecule has 3 rings (SSSR count). The SMILES string of the molecule is Cc1ccc2c(n1)sc1c(O)c(C(=O)[O-])nnc12.[Na+]. The molecule has 0 radical (unpaired) electrons. The summed E-state index contributed by atoms with van der Waals surface area (Å²) in [6.45, 7) is 1.85. The summed E-state index contributed by atoms with van der Waals surface area (Å²) in [5, 5.41) is 28.6. The molecule has 1 N–H and O–H groups in total. The maximum absolute atomic E-state index is 10.8. The average molecular weight is 283 g/mol. The number of carboxylic acid groups (broad SMARTS) is 1. The molecule has 3 aromatic rings. The Hall–Kier alpha value is -1.28. The van der Waals surface area contributed by atoms with Gasteiger partial charge in [-0.05, 0) is 19.1 Å². The van der Waals surface area contributed by atoms with Crippen molar-refractivity contribution in [1.29, 1.82) is 0 Å². The molecule has 0 unspecified atom stereocenters. The zero-order valence-corrected chi connectivity index (χ0v) is 13.0. The van der Waals surface area contributed by atoms with Gasteiger partial charge in [0.05, 0.1) is 5.97 Å². The van der Waals surface area contributed by atoms with Crippen LogP contribution in [-0.4, -0.2) is 26.3 Å². The van der Waals surface area contributed by atoms with Crippen molar-refractivity contribution < 1.29 is 44.6 Å². The number of carboxylic acids is 1. The largest absolute Gasteiger partial charge is 1.00 e. The number of aromatic hydroxyl groups is 1. The molecule has 6 nitrogen and oxygen atoms in total. The summed E-state index contributed by atoms with van der Waals surface area (Å²) < 4.78 is 0.359. The number of hydrogen-bond donors (Lipinski definition) is 1. The summed E-state index contributed by atoms with van der Waals surface area (Å²) in [6, 6.07) is 3.64. The van der Waals surface area contributed by atoms with Crippen molar-refractivity contribution in [3.8, 4) is 5.75 Å². The first-order chi connectivity index (χ1) is 8.58. The molecule has 3 aromatic heterocycles. The van der Waals surface area contributed by atoms with Crippen molar-refractivity contribution in [1.82, 2.24) is 15.2 Å². The van der Waals surface area contributed by atoms with Gasteiger partial charge in [-0.3, -0.25) is 0 Å². The van der Waals surface area contributed by atoms with Gasteiger partial charge in [0.1, 0.15) is 15.0 Å². The van der Waals surface area contributed by atoms with Crippen LogP contribution in [0, 0.1) is 6.92 Å². The van der Waals surface area contributed by atoms with Gasteiger partial charge in [0, 0.05) is 11.1 Å². The molecule has 3 heterocycles. The molecule has 0 amide bonds. The molecular formula is C11H6N3NaO3S. The minimum atomic E-state index is -1.55. The van der Waals surface area contributed by atoms with E-state index < -0.39 is 17.4 Å². The number of rotatable bonds is 1. The second-order valence-electron chi connectivity index (χ2n) is 3.77. The van der Waals surface area contributed by atoms with Crippen molar-refractivity contribution in [2.45, 2.75) is 6.92 Å². The fourth-order valence-electron chi connectivity index (χ4n) is 1.71. The summed E-state index contributed by atoms with van der Waals surface area (Å²) in [6.07, 6.45) is 0. The fourth-order valence-corrected chi connectivity index (χ4v) is 2.81. The van der Waals surface area contributed by atoms with Crippen LogP contribution in [0.15, 0.2) is 12.1 Å². The number of aromatic carboxylic acids is 1. The third-order valence-electron chi connectivity index (χ3n) is 2.55. The Labute approximate surface area is 133 Å². The van der Waals surface area contributed by atoms with Crippen LogP contribution in [0.25, 0.3) is 20.4 Å².